The minimum absolute atomic E-state index is 0.0687. The molecule has 0 radical (unpaired) electrons. The Bertz CT molecular complexity index is 261. The Balaban J connectivity index is 3.92. The third-order valence-corrected chi connectivity index (χ3v) is 2.97. The third-order valence-electron chi connectivity index (χ3n) is 2.97. The zero-order chi connectivity index (χ0) is 14.3. The van der Waals surface area contributed by atoms with Gasteiger partial charge >= 0.3 is 0 Å². The molecule has 0 rings (SSSR count). The second-order valence-corrected chi connectivity index (χ2v) is 4.68. The fraction of sp³-hybridized carbons (Fsp3) is 0.800. The monoisotopic (exact) mass is 268 g/mol. The number of amides is 1. The number of terminal acetylenes is 1. The molecular weight excluding hydrogens is 240 g/mol. The van der Waals surface area contributed by atoms with Gasteiger partial charge < -0.3 is 10.0 Å². The predicted molar refractivity (Wildman–Crippen MR) is 78.7 cm³/mol. The first-order valence-corrected chi connectivity index (χ1v) is 7.29. The lowest BCUT2D eigenvalue weighted by Gasteiger charge is -2.22. The lowest BCUT2D eigenvalue weighted by Crippen LogP contribution is -2.39. The largest absolute Gasteiger partial charge is 0.396 e. The highest BCUT2D eigenvalue weighted by Gasteiger charge is 2.11. The van der Waals surface area contributed by atoms with Crippen molar-refractivity contribution in [1.82, 2.24) is 10.2 Å². The highest BCUT2D eigenvalue weighted by atomic mass is 16.3. The Hall–Kier alpha value is -1.05. The fourth-order valence-corrected chi connectivity index (χ4v) is 1.88. The van der Waals surface area contributed by atoms with Crippen molar-refractivity contribution in [2.45, 2.75) is 45.4 Å². The maximum Gasteiger partial charge on any atom is 0.236 e. The van der Waals surface area contributed by atoms with Crippen molar-refractivity contribution in [2.75, 3.05) is 32.8 Å². The van der Waals surface area contributed by atoms with Crippen LogP contribution in [-0.2, 0) is 4.79 Å². The van der Waals surface area contributed by atoms with Crippen molar-refractivity contribution in [2.24, 2.45) is 0 Å². The molecule has 0 aromatic heterocycles. The highest BCUT2D eigenvalue weighted by Crippen LogP contribution is 2.04. The summed E-state index contributed by atoms with van der Waals surface area (Å²) in [5, 5.41) is 11.8. The Morgan fingerprint density at radius 3 is 2.53 bits per heavy atom. The first-order valence-electron chi connectivity index (χ1n) is 7.29. The summed E-state index contributed by atoms with van der Waals surface area (Å²) in [7, 11) is 0. The van der Waals surface area contributed by atoms with Crippen LogP contribution in [0.1, 0.15) is 45.4 Å². The SMILES string of the molecule is C#CCNCC(=O)N(CCCO)CCCCCCC. The first-order chi connectivity index (χ1) is 9.26. The predicted octanol–water partition coefficient (Wildman–Crippen LogP) is 1.39. The van der Waals surface area contributed by atoms with E-state index in [9.17, 15) is 4.79 Å². The number of hydrogen-bond acceptors (Lipinski definition) is 3. The molecule has 1 amide bonds. The molecule has 0 fully saturated rings. The van der Waals surface area contributed by atoms with Crippen LogP contribution >= 0.6 is 0 Å². The van der Waals surface area contributed by atoms with Crippen LogP contribution in [0.5, 0.6) is 0 Å². The average molecular weight is 268 g/mol. The lowest BCUT2D eigenvalue weighted by molar-refractivity contribution is -0.130. The summed E-state index contributed by atoms with van der Waals surface area (Å²) in [6.45, 7) is 4.41. The molecule has 0 heterocycles. The molecule has 19 heavy (non-hydrogen) atoms. The van der Waals surface area contributed by atoms with Gasteiger partial charge in [0.15, 0.2) is 0 Å². The summed E-state index contributed by atoms with van der Waals surface area (Å²) >= 11 is 0. The van der Waals surface area contributed by atoms with Gasteiger partial charge in [-0.3, -0.25) is 10.1 Å². The first kappa shape index (κ1) is 17.9. The minimum atomic E-state index is 0.0687. The molecule has 0 aromatic rings. The zero-order valence-corrected chi connectivity index (χ0v) is 12.2. The number of nitrogens with one attached hydrogen (secondary N) is 1. The number of carbonyl (C=O) groups is 1. The molecule has 0 atom stereocenters. The van der Waals surface area contributed by atoms with Crippen molar-refractivity contribution in [3.63, 3.8) is 0 Å². The summed E-state index contributed by atoms with van der Waals surface area (Å²) in [5.41, 5.74) is 0. The number of hydrogen-bond donors (Lipinski definition) is 2. The Morgan fingerprint density at radius 2 is 1.89 bits per heavy atom. The van der Waals surface area contributed by atoms with E-state index in [1.807, 2.05) is 4.90 Å². The summed E-state index contributed by atoms with van der Waals surface area (Å²) in [5.74, 6) is 2.52. The van der Waals surface area contributed by atoms with Crippen molar-refractivity contribution < 1.29 is 9.90 Å². The van der Waals surface area contributed by atoms with E-state index in [0.29, 0.717) is 19.5 Å². The van der Waals surface area contributed by atoms with Crippen LogP contribution in [0.2, 0.25) is 0 Å². The average Bonchev–Trinajstić information content (AvgIpc) is 2.42. The molecule has 0 aromatic carbocycles. The van der Waals surface area contributed by atoms with Crippen LogP contribution in [0.25, 0.3) is 0 Å². The second kappa shape index (κ2) is 13.4. The van der Waals surface area contributed by atoms with Gasteiger partial charge in [0.1, 0.15) is 0 Å². The minimum Gasteiger partial charge on any atom is -0.396 e. The van der Waals surface area contributed by atoms with E-state index in [4.69, 9.17) is 11.5 Å². The number of nitrogens with zero attached hydrogens (tertiary/aromatic N) is 1. The van der Waals surface area contributed by atoms with Crippen LogP contribution in [0.3, 0.4) is 0 Å². The van der Waals surface area contributed by atoms with Gasteiger partial charge in [0.25, 0.3) is 0 Å². The Labute approximate surface area is 117 Å². The van der Waals surface area contributed by atoms with Gasteiger partial charge in [0, 0.05) is 19.7 Å². The van der Waals surface area contributed by atoms with E-state index in [2.05, 4.69) is 18.2 Å². The molecular formula is C15H28N2O2. The number of unbranched alkanes of at least 4 members (excludes halogenated alkanes) is 4. The maximum absolute atomic E-state index is 12.0. The van der Waals surface area contributed by atoms with Gasteiger partial charge in [-0.1, -0.05) is 38.5 Å². The van der Waals surface area contributed by atoms with E-state index in [0.717, 1.165) is 19.4 Å². The van der Waals surface area contributed by atoms with Gasteiger partial charge in [0.05, 0.1) is 13.1 Å². The van der Waals surface area contributed by atoms with Crippen LogP contribution < -0.4 is 5.32 Å². The van der Waals surface area contributed by atoms with Crippen LogP contribution in [-0.4, -0.2) is 48.7 Å². The summed E-state index contributed by atoms with van der Waals surface area (Å²) in [4.78, 5) is 13.8. The third kappa shape index (κ3) is 10.5. The van der Waals surface area contributed by atoms with E-state index in [1.54, 1.807) is 0 Å². The second-order valence-electron chi connectivity index (χ2n) is 4.68. The molecule has 0 saturated carbocycles. The maximum atomic E-state index is 12.0. The molecule has 110 valence electrons. The van der Waals surface area contributed by atoms with Crippen LogP contribution in [0, 0.1) is 12.3 Å². The molecule has 0 spiro atoms. The van der Waals surface area contributed by atoms with E-state index >= 15 is 0 Å². The summed E-state index contributed by atoms with van der Waals surface area (Å²) in [6.07, 6.45) is 11.7. The molecule has 4 heteroatoms. The number of carbonyl (C=O) groups excluding carboxylic acids is 1. The molecule has 4 nitrogen and oxygen atoms in total. The number of rotatable bonds is 12. The van der Waals surface area contributed by atoms with Gasteiger partial charge in [-0.15, -0.1) is 6.42 Å². The van der Waals surface area contributed by atoms with Crippen molar-refractivity contribution in [1.29, 1.82) is 0 Å². The smallest absolute Gasteiger partial charge is 0.236 e. The van der Waals surface area contributed by atoms with Crippen molar-refractivity contribution in [3.8, 4) is 12.3 Å². The Morgan fingerprint density at radius 1 is 1.21 bits per heavy atom. The molecule has 0 bridgehead atoms. The van der Waals surface area contributed by atoms with Gasteiger partial charge in [-0.05, 0) is 12.8 Å². The van der Waals surface area contributed by atoms with Gasteiger partial charge in [-0.25, -0.2) is 0 Å². The molecule has 0 aliphatic rings. The summed E-state index contributed by atoms with van der Waals surface area (Å²) in [6, 6.07) is 0. The number of aliphatic hydroxyl groups is 1. The molecule has 0 aliphatic heterocycles. The number of aliphatic hydroxyl groups excluding tert-OH is 1. The fourth-order valence-electron chi connectivity index (χ4n) is 1.88. The van der Waals surface area contributed by atoms with Crippen molar-refractivity contribution >= 4 is 5.91 Å². The van der Waals surface area contributed by atoms with Crippen LogP contribution in [0.15, 0.2) is 0 Å². The topological polar surface area (TPSA) is 52.6 Å². The van der Waals surface area contributed by atoms with Crippen molar-refractivity contribution in [3.05, 3.63) is 0 Å². The van der Waals surface area contributed by atoms with E-state index < -0.39 is 0 Å². The van der Waals surface area contributed by atoms with E-state index in [1.165, 1.54) is 19.3 Å². The molecule has 0 saturated heterocycles. The zero-order valence-electron chi connectivity index (χ0n) is 12.2. The van der Waals surface area contributed by atoms with Gasteiger partial charge in [0.2, 0.25) is 5.91 Å². The normalized spacial score (nSPS) is 10.2. The molecule has 0 aliphatic carbocycles. The summed E-state index contributed by atoms with van der Waals surface area (Å²) < 4.78 is 0. The standard InChI is InChI=1S/C15H28N2O2/c1-3-5-6-7-8-11-17(12-9-13-18)15(19)14-16-10-4-2/h2,16,18H,3,5-14H2,1H3. The van der Waals surface area contributed by atoms with Crippen LogP contribution in [0.4, 0.5) is 0 Å². The van der Waals surface area contributed by atoms with E-state index in [-0.39, 0.29) is 19.1 Å². The highest BCUT2D eigenvalue weighted by molar-refractivity contribution is 5.78. The molecule has 0 unspecified atom stereocenters. The lowest BCUT2D eigenvalue weighted by atomic mass is 10.1. The quantitative estimate of drug-likeness (QED) is 0.415. The Kier molecular flexibility index (Phi) is 12.6. The molecule has 2 N–H and O–H groups in total. The van der Waals surface area contributed by atoms with Gasteiger partial charge in [-0.2, -0.15) is 0 Å².